The van der Waals surface area contributed by atoms with Crippen molar-refractivity contribution in [3.8, 4) is 62.4 Å². The number of fused-ring (bicyclic) bond motifs is 4. The van der Waals surface area contributed by atoms with Gasteiger partial charge in [-0.25, -0.2) is 19.9 Å². The molecule has 0 fully saturated rings. The number of benzene rings is 7. The van der Waals surface area contributed by atoms with Gasteiger partial charge in [-0.05, 0) is 77.9 Å². The zero-order valence-corrected chi connectivity index (χ0v) is 27.9. The second-order valence-corrected chi connectivity index (χ2v) is 12.7. The smallest absolute Gasteiger partial charge is 0.227 e. The molecule has 0 bridgehead atoms. The zero-order chi connectivity index (χ0) is 34.4. The molecule has 0 saturated heterocycles. The van der Waals surface area contributed by atoms with Gasteiger partial charge in [-0.15, -0.1) is 0 Å². The van der Waals surface area contributed by atoms with Gasteiger partial charge in [0.25, 0.3) is 0 Å². The van der Waals surface area contributed by atoms with Crippen LogP contribution in [-0.4, -0.2) is 24.5 Å². The van der Waals surface area contributed by atoms with E-state index in [0.717, 1.165) is 44.6 Å². The number of rotatable bonds is 6. The number of para-hydroxylation sites is 2. The predicted octanol–water partition coefficient (Wildman–Crippen LogP) is 11.4. The van der Waals surface area contributed by atoms with Crippen LogP contribution in [0.5, 0.6) is 0 Å². The first-order valence-corrected chi connectivity index (χ1v) is 17.2. The standard InChI is InChI=1S/C46H29N5O/c1-3-11-30(12-4-1)31-19-21-32(22-20-31)43-48-44(50-45(49-43)35-25-28-42-39(29-35)47-46(52-42)34-13-5-2-6-14-34)33-23-26-36(27-24-33)51-40-17-9-7-15-37(40)38-16-8-10-18-41(38)51/h1-29H. The van der Waals surface area contributed by atoms with Crippen molar-refractivity contribution in [1.82, 2.24) is 24.5 Å². The monoisotopic (exact) mass is 667 g/mol. The van der Waals surface area contributed by atoms with Crippen LogP contribution in [0.25, 0.3) is 95.3 Å². The topological polar surface area (TPSA) is 69.6 Å². The van der Waals surface area contributed by atoms with Crippen LogP contribution in [-0.2, 0) is 0 Å². The van der Waals surface area contributed by atoms with Gasteiger partial charge in [0.15, 0.2) is 23.1 Å². The predicted molar refractivity (Wildman–Crippen MR) is 209 cm³/mol. The fourth-order valence-corrected chi connectivity index (χ4v) is 6.94. The molecule has 0 saturated carbocycles. The Bertz CT molecular complexity index is 2820. The third kappa shape index (κ3) is 5.22. The summed E-state index contributed by atoms with van der Waals surface area (Å²) < 4.78 is 8.42. The zero-order valence-electron chi connectivity index (χ0n) is 27.9. The van der Waals surface area contributed by atoms with Crippen LogP contribution >= 0.6 is 0 Å². The lowest BCUT2D eigenvalue weighted by atomic mass is 10.0. The molecule has 0 spiro atoms. The summed E-state index contributed by atoms with van der Waals surface area (Å²) in [5.74, 6) is 2.32. The molecule has 52 heavy (non-hydrogen) atoms. The van der Waals surface area contributed by atoms with E-state index >= 15 is 0 Å². The first kappa shape index (κ1) is 29.7. The number of hydrogen-bond donors (Lipinski definition) is 0. The maximum absolute atomic E-state index is 6.11. The molecule has 244 valence electrons. The number of aromatic nitrogens is 5. The second kappa shape index (κ2) is 12.3. The fourth-order valence-electron chi connectivity index (χ4n) is 6.94. The molecule has 0 unspecified atom stereocenters. The van der Waals surface area contributed by atoms with Gasteiger partial charge in [-0.1, -0.05) is 109 Å². The van der Waals surface area contributed by atoms with Gasteiger partial charge in [-0.3, -0.25) is 0 Å². The molecule has 0 atom stereocenters. The Morgan fingerprint density at radius 2 is 0.827 bits per heavy atom. The van der Waals surface area contributed by atoms with Crippen molar-refractivity contribution in [2.24, 2.45) is 0 Å². The van der Waals surface area contributed by atoms with Crippen LogP contribution in [0.15, 0.2) is 180 Å². The second-order valence-electron chi connectivity index (χ2n) is 12.7. The van der Waals surface area contributed by atoms with Crippen LogP contribution < -0.4 is 0 Å². The van der Waals surface area contributed by atoms with Crippen molar-refractivity contribution in [3.05, 3.63) is 176 Å². The van der Waals surface area contributed by atoms with Crippen LogP contribution in [0, 0.1) is 0 Å². The lowest BCUT2D eigenvalue weighted by molar-refractivity contribution is 0.620. The Kier molecular flexibility index (Phi) is 7.03. The van der Waals surface area contributed by atoms with Gasteiger partial charge >= 0.3 is 0 Å². The first-order valence-electron chi connectivity index (χ1n) is 17.2. The normalized spacial score (nSPS) is 11.5. The Morgan fingerprint density at radius 3 is 1.44 bits per heavy atom. The van der Waals surface area contributed by atoms with E-state index < -0.39 is 0 Å². The Balaban J connectivity index is 1.08. The Labute approximate surface area is 299 Å². The summed E-state index contributed by atoms with van der Waals surface area (Å²) in [4.78, 5) is 19.9. The van der Waals surface area contributed by atoms with Crippen LogP contribution in [0.4, 0.5) is 0 Å². The van der Waals surface area contributed by atoms with Crippen molar-refractivity contribution in [2.45, 2.75) is 0 Å². The molecule has 0 aliphatic carbocycles. The maximum Gasteiger partial charge on any atom is 0.227 e. The largest absolute Gasteiger partial charge is 0.436 e. The van der Waals surface area contributed by atoms with E-state index in [0.29, 0.717) is 28.9 Å². The molecule has 3 aromatic heterocycles. The third-order valence-corrected chi connectivity index (χ3v) is 9.52. The van der Waals surface area contributed by atoms with Gasteiger partial charge in [-0.2, -0.15) is 0 Å². The first-order chi connectivity index (χ1) is 25.7. The molecule has 10 rings (SSSR count). The van der Waals surface area contributed by atoms with Crippen molar-refractivity contribution in [2.75, 3.05) is 0 Å². The number of nitrogens with zero attached hydrogens (tertiary/aromatic N) is 5. The van der Waals surface area contributed by atoms with E-state index in [4.69, 9.17) is 24.4 Å². The Hall–Kier alpha value is -7.18. The minimum Gasteiger partial charge on any atom is -0.436 e. The van der Waals surface area contributed by atoms with Crippen molar-refractivity contribution >= 4 is 32.9 Å². The quantitative estimate of drug-likeness (QED) is 0.176. The fraction of sp³-hybridized carbons (Fsp3) is 0. The molecule has 6 heteroatoms. The van der Waals surface area contributed by atoms with Crippen LogP contribution in [0.3, 0.4) is 0 Å². The van der Waals surface area contributed by atoms with Crippen LogP contribution in [0.2, 0.25) is 0 Å². The molecule has 3 heterocycles. The van der Waals surface area contributed by atoms with E-state index in [1.807, 2.05) is 54.6 Å². The molecule has 6 nitrogen and oxygen atoms in total. The molecule has 0 aliphatic heterocycles. The van der Waals surface area contributed by atoms with E-state index in [1.54, 1.807) is 0 Å². The van der Waals surface area contributed by atoms with Crippen LogP contribution in [0.1, 0.15) is 0 Å². The molecule has 10 aromatic rings. The lowest BCUT2D eigenvalue weighted by Crippen LogP contribution is -2.00. The highest BCUT2D eigenvalue weighted by atomic mass is 16.3. The molecule has 7 aromatic carbocycles. The summed E-state index contributed by atoms with van der Waals surface area (Å²) in [5.41, 5.74) is 10.7. The molecule has 0 N–H and O–H groups in total. The maximum atomic E-state index is 6.11. The van der Waals surface area contributed by atoms with E-state index in [1.165, 1.54) is 21.8 Å². The number of hydrogen-bond acceptors (Lipinski definition) is 5. The minimum atomic E-state index is 0.560. The van der Waals surface area contributed by atoms with E-state index in [-0.39, 0.29) is 0 Å². The summed E-state index contributed by atoms with van der Waals surface area (Å²) in [6, 6.07) is 60.1. The van der Waals surface area contributed by atoms with Gasteiger partial charge in [0.05, 0.1) is 11.0 Å². The molecule has 0 radical (unpaired) electrons. The molecule has 0 aliphatic rings. The van der Waals surface area contributed by atoms with Crippen molar-refractivity contribution in [3.63, 3.8) is 0 Å². The van der Waals surface area contributed by atoms with E-state index in [2.05, 4.69) is 126 Å². The number of oxazole rings is 1. The summed E-state index contributed by atoms with van der Waals surface area (Å²) in [5, 5.41) is 2.46. The highest BCUT2D eigenvalue weighted by Crippen LogP contribution is 2.34. The van der Waals surface area contributed by atoms with Crippen molar-refractivity contribution in [1.29, 1.82) is 0 Å². The molecular weight excluding hydrogens is 639 g/mol. The van der Waals surface area contributed by atoms with Gasteiger partial charge in [0.1, 0.15) is 5.52 Å². The SMILES string of the molecule is c1ccc(-c2ccc(-c3nc(-c4ccc(-n5c6ccccc6c6ccccc65)cc4)nc(-c4ccc5oc(-c6ccccc6)nc5c4)n3)cc2)cc1. The Morgan fingerprint density at radius 1 is 0.365 bits per heavy atom. The third-order valence-electron chi connectivity index (χ3n) is 9.52. The van der Waals surface area contributed by atoms with Gasteiger partial charge in [0, 0.05) is 38.7 Å². The summed E-state index contributed by atoms with van der Waals surface area (Å²) in [6.45, 7) is 0. The van der Waals surface area contributed by atoms with Gasteiger partial charge < -0.3 is 8.98 Å². The minimum absolute atomic E-state index is 0.560. The summed E-state index contributed by atoms with van der Waals surface area (Å²) in [6.07, 6.45) is 0. The highest BCUT2D eigenvalue weighted by Gasteiger charge is 2.16. The summed E-state index contributed by atoms with van der Waals surface area (Å²) >= 11 is 0. The van der Waals surface area contributed by atoms with Gasteiger partial charge in [0.2, 0.25) is 5.89 Å². The molecular formula is C46H29N5O. The van der Waals surface area contributed by atoms with Crippen molar-refractivity contribution < 1.29 is 4.42 Å². The molecule has 0 amide bonds. The average molecular weight is 668 g/mol. The summed E-state index contributed by atoms with van der Waals surface area (Å²) in [7, 11) is 0. The average Bonchev–Trinajstić information content (AvgIpc) is 3.81. The lowest BCUT2D eigenvalue weighted by Gasteiger charge is -2.11. The highest BCUT2D eigenvalue weighted by molar-refractivity contribution is 6.09. The van der Waals surface area contributed by atoms with E-state index in [9.17, 15) is 0 Å².